The van der Waals surface area contributed by atoms with E-state index in [1.807, 2.05) is 24.0 Å². The van der Waals surface area contributed by atoms with E-state index in [1.54, 1.807) is 7.11 Å². The minimum absolute atomic E-state index is 0.0381. The third-order valence-electron chi connectivity index (χ3n) is 3.39. The molecule has 1 heterocycles. The Labute approximate surface area is 108 Å². The summed E-state index contributed by atoms with van der Waals surface area (Å²) >= 11 is 0. The van der Waals surface area contributed by atoms with Gasteiger partial charge in [0.05, 0.1) is 12.6 Å². The summed E-state index contributed by atoms with van der Waals surface area (Å²) in [6.45, 7) is 5.15. The lowest BCUT2D eigenvalue weighted by molar-refractivity contribution is -0.130. The summed E-state index contributed by atoms with van der Waals surface area (Å²) in [5.74, 6) is 0.139. The number of carbonyl (C=O) groups excluding carboxylic acids is 1. The van der Waals surface area contributed by atoms with E-state index in [2.05, 4.69) is 24.4 Å². The van der Waals surface area contributed by atoms with Gasteiger partial charge in [0.25, 0.3) is 0 Å². The van der Waals surface area contributed by atoms with Crippen molar-refractivity contribution < 1.29 is 9.53 Å². The predicted molar refractivity (Wildman–Crippen MR) is 70.1 cm³/mol. The second-order valence-electron chi connectivity index (χ2n) is 4.67. The third-order valence-corrected chi connectivity index (χ3v) is 3.39. The minimum atomic E-state index is -0.133. The van der Waals surface area contributed by atoms with Crippen LogP contribution in [-0.4, -0.2) is 37.1 Å². The first-order valence-electron chi connectivity index (χ1n) is 6.26. The van der Waals surface area contributed by atoms with Gasteiger partial charge in [-0.25, -0.2) is 0 Å². The van der Waals surface area contributed by atoms with Crippen LogP contribution in [0, 0.1) is 6.92 Å². The number of aryl methyl sites for hydroxylation is 1. The fourth-order valence-corrected chi connectivity index (χ4v) is 2.35. The number of amides is 1. The number of nitrogens with zero attached hydrogens (tertiary/aromatic N) is 1. The molecule has 2 atom stereocenters. The summed E-state index contributed by atoms with van der Waals surface area (Å²) in [5, 5.41) is 3.34. The number of benzene rings is 1. The number of hydrogen-bond acceptors (Lipinski definition) is 3. The number of carbonyl (C=O) groups is 1. The van der Waals surface area contributed by atoms with Crippen molar-refractivity contribution in [3.63, 3.8) is 0 Å². The molecule has 4 heteroatoms. The van der Waals surface area contributed by atoms with Crippen LogP contribution in [0.5, 0.6) is 0 Å². The molecule has 0 aromatic heterocycles. The highest BCUT2D eigenvalue weighted by Crippen LogP contribution is 2.27. The van der Waals surface area contributed by atoms with E-state index in [0.29, 0.717) is 13.2 Å². The van der Waals surface area contributed by atoms with Crippen LogP contribution in [0.2, 0.25) is 0 Å². The van der Waals surface area contributed by atoms with Gasteiger partial charge in [-0.3, -0.25) is 10.1 Å². The maximum Gasteiger partial charge on any atom is 0.241 e. The van der Waals surface area contributed by atoms with E-state index in [-0.39, 0.29) is 18.1 Å². The summed E-state index contributed by atoms with van der Waals surface area (Å²) in [6.07, 6.45) is -0.0381. The Morgan fingerprint density at radius 1 is 1.39 bits per heavy atom. The number of methoxy groups -OCH3 is 1. The second-order valence-corrected chi connectivity index (χ2v) is 4.67. The fraction of sp³-hybridized carbons (Fsp3) is 0.500. The van der Waals surface area contributed by atoms with Crippen LogP contribution in [0.15, 0.2) is 24.3 Å². The first-order chi connectivity index (χ1) is 8.65. The van der Waals surface area contributed by atoms with Crippen molar-refractivity contribution in [2.24, 2.45) is 0 Å². The third kappa shape index (κ3) is 2.40. The van der Waals surface area contributed by atoms with Crippen LogP contribution in [0.4, 0.5) is 0 Å². The Bertz CT molecular complexity index is 434. The summed E-state index contributed by atoms with van der Waals surface area (Å²) in [4.78, 5) is 14.0. The maximum absolute atomic E-state index is 12.1. The quantitative estimate of drug-likeness (QED) is 0.877. The average molecular weight is 248 g/mol. The smallest absolute Gasteiger partial charge is 0.241 e. The predicted octanol–water partition coefficient (Wildman–Crippen LogP) is 1.46. The zero-order chi connectivity index (χ0) is 13.1. The number of ether oxygens (including phenoxy) is 1. The van der Waals surface area contributed by atoms with Crippen molar-refractivity contribution in [3.05, 3.63) is 35.4 Å². The molecule has 0 radical (unpaired) electrons. The van der Waals surface area contributed by atoms with Crippen molar-refractivity contribution in [1.82, 2.24) is 10.2 Å². The molecule has 98 valence electrons. The van der Waals surface area contributed by atoms with Crippen molar-refractivity contribution in [1.29, 1.82) is 0 Å². The molecule has 1 aliphatic rings. The average Bonchev–Trinajstić information content (AvgIpc) is 2.64. The van der Waals surface area contributed by atoms with Crippen molar-refractivity contribution in [2.45, 2.75) is 26.1 Å². The Balaban J connectivity index is 2.25. The first-order valence-corrected chi connectivity index (χ1v) is 6.26. The lowest BCUT2D eigenvalue weighted by atomic mass is 10.1. The van der Waals surface area contributed by atoms with Gasteiger partial charge in [-0.1, -0.05) is 24.3 Å². The molecule has 1 amide bonds. The molecule has 18 heavy (non-hydrogen) atoms. The Kier molecular flexibility index (Phi) is 3.99. The van der Waals surface area contributed by atoms with Gasteiger partial charge in [0.1, 0.15) is 6.17 Å². The van der Waals surface area contributed by atoms with Crippen LogP contribution in [0.25, 0.3) is 0 Å². The van der Waals surface area contributed by atoms with Gasteiger partial charge < -0.3 is 9.64 Å². The van der Waals surface area contributed by atoms with Gasteiger partial charge in [-0.2, -0.15) is 0 Å². The fourth-order valence-electron chi connectivity index (χ4n) is 2.35. The minimum Gasteiger partial charge on any atom is -0.383 e. The molecule has 1 saturated heterocycles. The molecule has 0 spiro atoms. The molecule has 1 aromatic rings. The Morgan fingerprint density at radius 3 is 2.78 bits per heavy atom. The molecule has 1 aromatic carbocycles. The topological polar surface area (TPSA) is 41.6 Å². The summed E-state index contributed by atoms with van der Waals surface area (Å²) < 4.78 is 5.08. The van der Waals surface area contributed by atoms with E-state index < -0.39 is 0 Å². The summed E-state index contributed by atoms with van der Waals surface area (Å²) in [5.41, 5.74) is 2.35. The standard InChI is InChI=1S/C14H20N2O2/c1-10-6-4-5-7-12(10)13-15-11(2)14(17)16(13)8-9-18-3/h4-7,11,13,15H,8-9H2,1-3H3. The lowest BCUT2D eigenvalue weighted by Crippen LogP contribution is -2.33. The monoisotopic (exact) mass is 248 g/mol. The molecular formula is C14H20N2O2. The highest BCUT2D eigenvalue weighted by atomic mass is 16.5. The van der Waals surface area contributed by atoms with E-state index in [9.17, 15) is 4.79 Å². The number of rotatable bonds is 4. The molecule has 0 saturated carbocycles. The Hall–Kier alpha value is -1.39. The van der Waals surface area contributed by atoms with E-state index >= 15 is 0 Å². The van der Waals surface area contributed by atoms with Crippen LogP contribution in [-0.2, 0) is 9.53 Å². The van der Waals surface area contributed by atoms with Gasteiger partial charge in [0.2, 0.25) is 5.91 Å². The van der Waals surface area contributed by atoms with Gasteiger partial charge in [-0.05, 0) is 25.0 Å². The highest BCUT2D eigenvalue weighted by Gasteiger charge is 2.37. The van der Waals surface area contributed by atoms with Crippen molar-refractivity contribution >= 4 is 5.91 Å². The first kappa shape index (κ1) is 13.1. The SMILES string of the molecule is COCCN1C(=O)C(C)NC1c1ccccc1C. The highest BCUT2D eigenvalue weighted by molar-refractivity contribution is 5.84. The van der Waals surface area contributed by atoms with Crippen LogP contribution in [0.3, 0.4) is 0 Å². The molecule has 1 aliphatic heterocycles. The summed E-state index contributed by atoms with van der Waals surface area (Å²) in [7, 11) is 1.65. The van der Waals surface area contributed by atoms with Gasteiger partial charge in [0.15, 0.2) is 0 Å². The molecule has 2 unspecified atom stereocenters. The van der Waals surface area contributed by atoms with Gasteiger partial charge >= 0.3 is 0 Å². The van der Waals surface area contributed by atoms with E-state index in [4.69, 9.17) is 4.74 Å². The molecule has 0 aliphatic carbocycles. The second kappa shape index (κ2) is 5.50. The normalized spacial score (nSPS) is 23.7. The zero-order valence-electron chi connectivity index (χ0n) is 11.1. The number of hydrogen-bond donors (Lipinski definition) is 1. The molecule has 0 bridgehead atoms. The lowest BCUT2D eigenvalue weighted by Gasteiger charge is -2.25. The van der Waals surface area contributed by atoms with Gasteiger partial charge in [-0.15, -0.1) is 0 Å². The van der Waals surface area contributed by atoms with Crippen LogP contribution >= 0.6 is 0 Å². The number of nitrogens with one attached hydrogen (secondary N) is 1. The maximum atomic E-state index is 12.1. The summed E-state index contributed by atoms with van der Waals surface area (Å²) in [6, 6.07) is 8.02. The van der Waals surface area contributed by atoms with Crippen molar-refractivity contribution in [3.8, 4) is 0 Å². The van der Waals surface area contributed by atoms with E-state index in [1.165, 1.54) is 5.56 Å². The molecule has 1 fully saturated rings. The van der Waals surface area contributed by atoms with Crippen molar-refractivity contribution in [2.75, 3.05) is 20.3 Å². The molecule has 4 nitrogen and oxygen atoms in total. The van der Waals surface area contributed by atoms with Gasteiger partial charge in [0, 0.05) is 13.7 Å². The largest absolute Gasteiger partial charge is 0.383 e. The molecule has 1 N–H and O–H groups in total. The van der Waals surface area contributed by atoms with Crippen LogP contribution < -0.4 is 5.32 Å². The molecular weight excluding hydrogens is 228 g/mol. The van der Waals surface area contributed by atoms with E-state index in [0.717, 1.165) is 5.56 Å². The zero-order valence-corrected chi connectivity index (χ0v) is 11.1. The molecule has 2 rings (SSSR count). The Morgan fingerprint density at radius 2 is 2.11 bits per heavy atom. The van der Waals surface area contributed by atoms with Crippen LogP contribution in [0.1, 0.15) is 24.2 Å².